The maximum atomic E-state index is 4.53. The number of benzene rings is 1. The average Bonchev–Trinajstić information content (AvgIpc) is 3.04. The van der Waals surface area contributed by atoms with E-state index in [0.717, 1.165) is 11.6 Å². The van der Waals surface area contributed by atoms with Crippen LogP contribution in [-0.4, -0.2) is 16.8 Å². The summed E-state index contributed by atoms with van der Waals surface area (Å²) in [6.07, 6.45) is 12.4. The Bertz CT molecular complexity index is 541. The Morgan fingerprint density at radius 3 is 2.67 bits per heavy atom. The Hall–Kier alpha value is -1.61. The number of nitrogens with one attached hydrogen (secondary N) is 1. The topological polar surface area (TPSA) is 29.9 Å². The first-order valence-electron chi connectivity index (χ1n) is 8.14. The van der Waals surface area contributed by atoms with Gasteiger partial charge in [0, 0.05) is 17.8 Å². The summed E-state index contributed by atoms with van der Waals surface area (Å²) in [7, 11) is 2.06. The Morgan fingerprint density at radius 2 is 1.95 bits per heavy atom. The Balaban J connectivity index is 1.71. The standard InChI is InChI=1S/C18H25N3/c1-19-18(12-15-8-4-2-5-9-15)16-13-20-21(14-16)17-10-6-3-7-11-17/h3,6-7,10-11,13-15,18-19H,2,4-5,8-9,12H2,1H3. The second-order valence-corrected chi connectivity index (χ2v) is 6.13. The molecule has 1 saturated carbocycles. The van der Waals surface area contributed by atoms with Crippen molar-refractivity contribution in [2.75, 3.05) is 7.05 Å². The quantitative estimate of drug-likeness (QED) is 0.895. The molecule has 2 aromatic rings. The van der Waals surface area contributed by atoms with Crippen LogP contribution in [0.5, 0.6) is 0 Å². The highest BCUT2D eigenvalue weighted by Gasteiger charge is 2.20. The molecule has 1 N–H and O–H groups in total. The van der Waals surface area contributed by atoms with Crippen LogP contribution < -0.4 is 5.32 Å². The zero-order chi connectivity index (χ0) is 14.5. The predicted octanol–water partition coefficient (Wildman–Crippen LogP) is 4.10. The van der Waals surface area contributed by atoms with E-state index in [4.69, 9.17) is 0 Å². The van der Waals surface area contributed by atoms with Crippen LogP contribution in [0.25, 0.3) is 5.69 Å². The number of hydrogen-bond donors (Lipinski definition) is 1. The van der Waals surface area contributed by atoms with Crippen LogP contribution in [0, 0.1) is 5.92 Å². The summed E-state index contributed by atoms with van der Waals surface area (Å²) >= 11 is 0. The van der Waals surface area contributed by atoms with Crippen LogP contribution in [0.2, 0.25) is 0 Å². The fraction of sp³-hybridized carbons (Fsp3) is 0.500. The van der Waals surface area contributed by atoms with Gasteiger partial charge >= 0.3 is 0 Å². The van der Waals surface area contributed by atoms with Gasteiger partial charge in [-0.25, -0.2) is 4.68 Å². The molecule has 0 radical (unpaired) electrons. The minimum atomic E-state index is 0.422. The lowest BCUT2D eigenvalue weighted by molar-refractivity contribution is 0.306. The molecule has 1 aromatic heterocycles. The second-order valence-electron chi connectivity index (χ2n) is 6.13. The van der Waals surface area contributed by atoms with Crippen LogP contribution >= 0.6 is 0 Å². The molecule has 0 bridgehead atoms. The molecular formula is C18H25N3. The molecule has 0 aliphatic heterocycles. The fourth-order valence-corrected chi connectivity index (χ4v) is 3.42. The average molecular weight is 283 g/mol. The molecular weight excluding hydrogens is 258 g/mol. The monoisotopic (exact) mass is 283 g/mol. The van der Waals surface area contributed by atoms with Crippen molar-refractivity contribution in [3.05, 3.63) is 48.3 Å². The minimum Gasteiger partial charge on any atom is -0.313 e. The van der Waals surface area contributed by atoms with Crippen LogP contribution in [0.4, 0.5) is 0 Å². The number of rotatable bonds is 5. The Labute approximate surface area is 127 Å². The fourth-order valence-electron chi connectivity index (χ4n) is 3.42. The molecule has 0 amide bonds. The highest BCUT2D eigenvalue weighted by atomic mass is 15.3. The van der Waals surface area contributed by atoms with Crippen LogP contribution in [0.15, 0.2) is 42.7 Å². The minimum absolute atomic E-state index is 0.422. The smallest absolute Gasteiger partial charge is 0.0645 e. The van der Waals surface area contributed by atoms with Crippen molar-refractivity contribution in [3.63, 3.8) is 0 Å². The van der Waals surface area contributed by atoms with Gasteiger partial charge in [-0.1, -0.05) is 50.3 Å². The van der Waals surface area contributed by atoms with Crippen LogP contribution in [-0.2, 0) is 0 Å². The molecule has 1 atom stereocenters. The van der Waals surface area contributed by atoms with Gasteiger partial charge in [0.2, 0.25) is 0 Å². The largest absolute Gasteiger partial charge is 0.313 e. The van der Waals surface area contributed by atoms with E-state index in [0.29, 0.717) is 6.04 Å². The second kappa shape index (κ2) is 6.90. The summed E-state index contributed by atoms with van der Waals surface area (Å²) in [5, 5.41) is 8.00. The van der Waals surface area contributed by atoms with Crippen molar-refractivity contribution in [1.29, 1.82) is 0 Å². The van der Waals surface area contributed by atoms with Gasteiger partial charge in [-0.3, -0.25) is 0 Å². The van der Waals surface area contributed by atoms with E-state index in [1.54, 1.807) is 0 Å². The summed E-state index contributed by atoms with van der Waals surface area (Å²) in [5.41, 5.74) is 2.42. The molecule has 0 saturated heterocycles. The lowest BCUT2D eigenvalue weighted by Crippen LogP contribution is -2.20. The van der Waals surface area contributed by atoms with Crippen molar-refractivity contribution in [2.24, 2.45) is 5.92 Å². The van der Waals surface area contributed by atoms with Gasteiger partial charge in [0.1, 0.15) is 0 Å². The summed E-state index contributed by atoms with van der Waals surface area (Å²) in [5.74, 6) is 0.872. The lowest BCUT2D eigenvalue weighted by Gasteiger charge is -2.25. The van der Waals surface area contributed by atoms with Crippen molar-refractivity contribution in [1.82, 2.24) is 15.1 Å². The third-order valence-corrected chi connectivity index (χ3v) is 4.67. The SMILES string of the molecule is CNC(CC1CCCCC1)c1cnn(-c2ccccc2)c1. The summed E-state index contributed by atoms with van der Waals surface area (Å²) in [6, 6.07) is 10.7. The number of para-hydroxylation sites is 1. The highest BCUT2D eigenvalue weighted by molar-refractivity contribution is 5.31. The molecule has 3 rings (SSSR count). The number of hydrogen-bond acceptors (Lipinski definition) is 2. The number of nitrogens with zero attached hydrogens (tertiary/aromatic N) is 2. The predicted molar refractivity (Wildman–Crippen MR) is 86.6 cm³/mol. The Kier molecular flexibility index (Phi) is 4.71. The molecule has 1 heterocycles. The summed E-state index contributed by atoms with van der Waals surface area (Å²) in [6.45, 7) is 0. The van der Waals surface area contributed by atoms with E-state index in [9.17, 15) is 0 Å². The first-order chi connectivity index (χ1) is 10.4. The molecule has 112 valence electrons. The molecule has 21 heavy (non-hydrogen) atoms. The molecule has 1 aliphatic carbocycles. The number of aromatic nitrogens is 2. The molecule has 1 aromatic carbocycles. The lowest BCUT2D eigenvalue weighted by atomic mass is 9.84. The van der Waals surface area contributed by atoms with E-state index >= 15 is 0 Å². The summed E-state index contributed by atoms with van der Waals surface area (Å²) < 4.78 is 1.97. The van der Waals surface area contributed by atoms with Crippen molar-refractivity contribution in [3.8, 4) is 5.69 Å². The maximum Gasteiger partial charge on any atom is 0.0645 e. The molecule has 3 nitrogen and oxygen atoms in total. The maximum absolute atomic E-state index is 4.53. The molecule has 3 heteroatoms. The van der Waals surface area contributed by atoms with Gasteiger partial charge in [-0.15, -0.1) is 0 Å². The highest BCUT2D eigenvalue weighted by Crippen LogP contribution is 2.31. The molecule has 0 spiro atoms. The van der Waals surface area contributed by atoms with Crippen molar-refractivity contribution < 1.29 is 0 Å². The zero-order valence-electron chi connectivity index (χ0n) is 12.8. The first-order valence-corrected chi connectivity index (χ1v) is 8.14. The van der Waals surface area contributed by atoms with Gasteiger partial charge < -0.3 is 5.32 Å². The molecule has 1 fully saturated rings. The van der Waals surface area contributed by atoms with E-state index in [1.165, 1.54) is 44.1 Å². The summed E-state index contributed by atoms with van der Waals surface area (Å²) in [4.78, 5) is 0. The van der Waals surface area contributed by atoms with E-state index in [1.807, 2.05) is 29.1 Å². The molecule has 1 aliphatic rings. The van der Waals surface area contributed by atoms with Crippen LogP contribution in [0.3, 0.4) is 0 Å². The normalized spacial score (nSPS) is 17.8. The zero-order valence-corrected chi connectivity index (χ0v) is 12.8. The van der Waals surface area contributed by atoms with E-state index in [-0.39, 0.29) is 0 Å². The van der Waals surface area contributed by atoms with E-state index < -0.39 is 0 Å². The van der Waals surface area contributed by atoms with Gasteiger partial charge in [-0.05, 0) is 31.5 Å². The van der Waals surface area contributed by atoms with Gasteiger partial charge in [0.05, 0.1) is 11.9 Å². The van der Waals surface area contributed by atoms with E-state index in [2.05, 4.69) is 35.8 Å². The third kappa shape index (κ3) is 3.53. The van der Waals surface area contributed by atoms with Crippen LogP contribution in [0.1, 0.15) is 50.1 Å². The van der Waals surface area contributed by atoms with Gasteiger partial charge in [-0.2, -0.15) is 5.10 Å². The van der Waals surface area contributed by atoms with Crippen molar-refractivity contribution in [2.45, 2.75) is 44.6 Å². The molecule has 1 unspecified atom stereocenters. The third-order valence-electron chi connectivity index (χ3n) is 4.67. The van der Waals surface area contributed by atoms with Gasteiger partial charge in [0.25, 0.3) is 0 Å². The van der Waals surface area contributed by atoms with Crippen molar-refractivity contribution >= 4 is 0 Å². The Morgan fingerprint density at radius 1 is 1.19 bits per heavy atom. The van der Waals surface area contributed by atoms with Gasteiger partial charge in [0.15, 0.2) is 0 Å². The first kappa shape index (κ1) is 14.3.